The molecular formula is C14H21ClN2O2. The number of nitrogens with two attached hydrogens (primary N) is 1. The fraction of sp³-hybridized carbons (Fsp3) is 0.571. The molecule has 0 amide bonds. The SMILES string of the molecule is CCOc1c(Cl)cccc1CN1CCOC(CN)C1. The predicted molar refractivity (Wildman–Crippen MR) is 76.7 cm³/mol. The Labute approximate surface area is 119 Å². The van der Waals surface area contributed by atoms with Gasteiger partial charge in [-0.1, -0.05) is 23.7 Å². The Morgan fingerprint density at radius 3 is 3.11 bits per heavy atom. The van der Waals surface area contributed by atoms with Gasteiger partial charge in [0.05, 0.1) is 24.3 Å². The number of nitrogens with zero attached hydrogens (tertiary/aromatic N) is 1. The molecule has 1 aliphatic rings. The van der Waals surface area contributed by atoms with Gasteiger partial charge in [-0.2, -0.15) is 0 Å². The first-order valence-electron chi connectivity index (χ1n) is 6.68. The molecule has 1 fully saturated rings. The van der Waals surface area contributed by atoms with Crippen LogP contribution in [0.5, 0.6) is 5.75 Å². The van der Waals surface area contributed by atoms with Crippen molar-refractivity contribution in [2.45, 2.75) is 19.6 Å². The minimum atomic E-state index is 0.128. The van der Waals surface area contributed by atoms with E-state index in [1.165, 1.54) is 0 Å². The van der Waals surface area contributed by atoms with Crippen molar-refractivity contribution in [3.05, 3.63) is 28.8 Å². The maximum atomic E-state index is 6.19. The molecule has 1 heterocycles. The van der Waals surface area contributed by atoms with Crippen molar-refractivity contribution in [1.29, 1.82) is 0 Å². The van der Waals surface area contributed by atoms with Crippen molar-refractivity contribution in [2.75, 3.05) is 32.8 Å². The van der Waals surface area contributed by atoms with Gasteiger partial charge < -0.3 is 15.2 Å². The average molecular weight is 285 g/mol. The van der Waals surface area contributed by atoms with Crippen LogP contribution in [0.15, 0.2) is 18.2 Å². The van der Waals surface area contributed by atoms with Crippen molar-refractivity contribution in [1.82, 2.24) is 4.90 Å². The van der Waals surface area contributed by atoms with E-state index in [0.29, 0.717) is 18.2 Å². The number of halogens is 1. The van der Waals surface area contributed by atoms with Crippen molar-refractivity contribution < 1.29 is 9.47 Å². The van der Waals surface area contributed by atoms with E-state index in [4.69, 9.17) is 26.8 Å². The van der Waals surface area contributed by atoms with E-state index in [2.05, 4.69) is 11.0 Å². The van der Waals surface area contributed by atoms with Gasteiger partial charge in [-0.05, 0) is 13.0 Å². The Morgan fingerprint density at radius 2 is 2.37 bits per heavy atom. The molecule has 106 valence electrons. The van der Waals surface area contributed by atoms with Gasteiger partial charge in [0, 0.05) is 31.7 Å². The maximum Gasteiger partial charge on any atom is 0.142 e. The zero-order chi connectivity index (χ0) is 13.7. The van der Waals surface area contributed by atoms with Crippen molar-refractivity contribution >= 4 is 11.6 Å². The van der Waals surface area contributed by atoms with Crippen LogP contribution in [0.2, 0.25) is 5.02 Å². The highest BCUT2D eigenvalue weighted by molar-refractivity contribution is 6.32. The lowest BCUT2D eigenvalue weighted by Crippen LogP contribution is -2.45. The summed E-state index contributed by atoms with van der Waals surface area (Å²) in [7, 11) is 0. The molecule has 0 spiro atoms. The molecule has 0 aromatic heterocycles. The zero-order valence-corrected chi connectivity index (χ0v) is 12.0. The molecule has 0 saturated carbocycles. The first kappa shape index (κ1) is 14.6. The first-order valence-corrected chi connectivity index (χ1v) is 7.06. The van der Waals surface area contributed by atoms with E-state index < -0.39 is 0 Å². The largest absolute Gasteiger partial charge is 0.492 e. The lowest BCUT2D eigenvalue weighted by Gasteiger charge is -2.32. The van der Waals surface area contributed by atoms with E-state index in [9.17, 15) is 0 Å². The summed E-state index contributed by atoms with van der Waals surface area (Å²) in [6, 6.07) is 5.88. The van der Waals surface area contributed by atoms with Gasteiger partial charge in [-0.25, -0.2) is 0 Å². The zero-order valence-electron chi connectivity index (χ0n) is 11.3. The molecule has 0 aliphatic carbocycles. The third-order valence-corrected chi connectivity index (χ3v) is 3.51. The molecular weight excluding hydrogens is 264 g/mol. The van der Waals surface area contributed by atoms with Crippen molar-refractivity contribution in [3.63, 3.8) is 0 Å². The summed E-state index contributed by atoms with van der Waals surface area (Å²) in [5.41, 5.74) is 6.78. The lowest BCUT2D eigenvalue weighted by molar-refractivity contribution is -0.0262. The fourth-order valence-electron chi connectivity index (χ4n) is 2.29. The highest BCUT2D eigenvalue weighted by Crippen LogP contribution is 2.29. The molecule has 1 aromatic rings. The van der Waals surface area contributed by atoms with Crippen LogP contribution in [-0.2, 0) is 11.3 Å². The Bertz CT molecular complexity index is 414. The van der Waals surface area contributed by atoms with E-state index in [1.54, 1.807) is 0 Å². The molecule has 1 atom stereocenters. The molecule has 2 rings (SSSR count). The molecule has 5 heteroatoms. The van der Waals surface area contributed by atoms with E-state index >= 15 is 0 Å². The standard InChI is InChI=1S/C14H21ClN2O2/c1-2-18-14-11(4-3-5-13(14)15)9-17-6-7-19-12(8-16)10-17/h3-5,12H,2,6-10,16H2,1H3. The van der Waals surface area contributed by atoms with Gasteiger partial charge in [0.25, 0.3) is 0 Å². The third-order valence-electron chi connectivity index (χ3n) is 3.22. The van der Waals surface area contributed by atoms with Crippen molar-refractivity contribution in [2.24, 2.45) is 5.73 Å². The predicted octanol–water partition coefficient (Wildman–Crippen LogP) is 1.90. The molecule has 1 saturated heterocycles. The minimum Gasteiger partial charge on any atom is -0.492 e. The molecule has 1 aromatic carbocycles. The topological polar surface area (TPSA) is 47.7 Å². The normalized spacial score (nSPS) is 20.5. The molecule has 19 heavy (non-hydrogen) atoms. The van der Waals surface area contributed by atoms with Gasteiger partial charge in [-0.3, -0.25) is 4.90 Å². The van der Waals surface area contributed by atoms with Crippen LogP contribution in [0, 0.1) is 0 Å². The highest BCUT2D eigenvalue weighted by Gasteiger charge is 2.20. The van der Waals surface area contributed by atoms with Crippen LogP contribution in [0.3, 0.4) is 0 Å². The van der Waals surface area contributed by atoms with Crippen LogP contribution in [-0.4, -0.2) is 43.9 Å². The van der Waals surface area contributed by atoms with Crippen LogP contribution in [0.1, 0.15) is 12.5 Å². The Morgan fingerprint density at radius 1 is 1.53 bits per heavy atom. The van der Waals surface area contributed by atoms with Gasteiger partial charge in [-0.15, -0.1) is 0 Å². The Balaban J connectivity index is 2.07. The summed E-state index contributed by atoms with van der Waals surface area (Å²) >= 11 is 6.19. The van der Waals surface area contributed by atoms with Gasteiger partial charge in [0.1, 0.15) is 5.75 Å². The molecule has 2 N–H and O–H groups in total. The van der Waals surface area contributed by atoms with E-state index in [1.807, 2.05) is 19.1 Å². The molecule has 1 unspecified atom stereocenters. The van der Waals surface area contributed by atoms with E-state index in [0.717, 1.165) is 37.6 Å². The fourth-order valence-corrected chi connectivity index (χ4v) is 2.54. The van der Waals surface area contributed by atoms with Crippen LogP contribution in [0.25, 0.3) is 0 Å². The third kappa shape index (κ3) is 3.83. The molecule has 4 nitrogen and oxygen atoms in total. The summed E-state index contributed by atoms with van der Waals surface area (Å²) in [5.74, 6) is 0.794. The highest BCUT2D eigenvalue weighted by atomic mass is 35.5. The van der Waals surface area contributed by atoms with Gasteiger partial charge in [0.15, 0.2) is 0 Å². The lowest BCUT2D eigenvalue weighted by atomic mass is 10.1. The summed E-state index contributed by atoms with van der Waals surface area (Å²) < 4.78 is 11.2. The number of rotatable bonds is 5. The number of morpholine rings is 1. The Kier molecular flexibility index (Phi) is 5.45. The van der Waals surface area contributed by atoms with E-state index in [-0.39, 0.29) is 6.10 Å². The monoisotopic (exact) mass is 284 g/mol. The summed E-state index contributed by atoms with van der Waals surface area (Å²) in [4.78, 5) is 2.33. The van der Waals surface area contributed by atoms with Crippen LogP contribution < -0.4 is 10.5 Å². The number of para-hydroxylation sites is 1. The summed E-state index contributed by atoms with van der Waals surface area (Å²) in [6.45, 7) is 6.45. The second kappa shape index (κ2) is 7.10. The smallest absolute Gasteiger partial charge is 0.142 e. The number of benzene rings is 1. The molecule has 0 bridgehead atoms. The average Bonchev–Trinajstić information content (AvgIpc) is 2.43. The van der Waals surface area contributed by atoms with Crippen LogP contribution >= 0.6 is 11.6 Å². The van der Waals surface area contributed by atoms with Gasteiger partial charge >= 0.3 is 0 Å². The molecule has 0 radical (unpaired) electrons. The first-order chi connectivity index (χ1) is 9.24. The second-order valence-electron chi connectivity index (χ2n) is 4.62. The van der Waals surface area contributed by atoms with Gasteiger partial charge in [0.2, 0.25) is 0 Å². The second-order valence-corrected chi connectivity index (χ2v) is 5.03. The quantitative estimate of drug-likeness (QED) is 0.897. The number of ether oxygens (including phenoxy) is 2. The Hall–Kier alpha value is -0.810. The number of hydrogen-bond donors (Lipinski definition) is 1. The number of hydrogen-bond acceptors (Lipinski definition) is 4. The summed E-state index contributed by atoms with van der Waals surface area (Å²) in [6.07, 6.45) is 0.128. The minimum absolute atomic E-state index is 0.128. The van der Waals surface area contributed by atoms with Crippen LogP contribution in [0.4, 0.5) is 0 Å². The summed E-state index contributed by atoms with van der Waals surface area (Å²) in [5, 5.41) is 0.669. The molecule has 1 aliphatic heterocycles. The van der Waals surface area contributed by atoms with Crippen molar-refractivity contribution in [3.8, 4) is 5.75 Å². The maximum absolute atomic E-state index is 6.19.